The van der Waals surface area contributed by atoms with Crippen LogP contribution >= 0.6 is 0 Å². The van der Waals surface area contributed by atoms with E-state index in [9.17, 15) is 26.4 Å². The maximum Gasteiger partial charge on any atom is 0.416 e. The van der Waals surface area contributed by atoms with Crippen molar-refractivity contribution in [2.45, 2.75) is 6.18 Å². The maximum atomic E-state index is 12.6. The molecular formula is C12H11F3N2O3S. The summed E-state index contributed by atoms with van der Waals surface area (Å²) in [4.78, 5) is 11.8. The summed E-state index contributed by atoms with van der Waals surface area (Å²) >= 11 is 0. The highest BCUT2D eigenvalue weighted by molar-refractivity contribution is 7.89. The van der Waals surface area contributed by atoms with Crippen molar-refractivity contribution in [1.29, 1.82) is 0 Å². The number of benzene rings is 1. The summed E-state index contributed by atoms with van der Waals surface area (Å²) in [6.45, 7) is 0. The molecule has 1 N–H and O–H groups in total. The topological polar surface area (TPSA) is 68.2 Å². The van der Waals surface area contributed by atoms with Crippen LogP contribution in [0.1, 0.15) is 16.1 Å². The van der Waals surface area contributed by atoms with Gasteiger partial charge in [-0.05, 0) is 24.3 Å². The number of halogens is 3. The van der Waals surface area contributed by atoms with Gasteiger partial charge in [0, 0.05) is 18.0 Å². The van der Waals surface area contributed by atoms with E-state index in [1.54, 1.807) is 4.72 Å². The molecule has 114 valence electrons. The first-order valence-electron chi connectivity index (χ1n) is 5.68. The number of hydrogen-bond acceptors (Lipinski definition) is 3. The quantitative estimate of drug-likeness (QED) is 0.919. The first-order chi connectivity index (χ1) is 9.49. The summed E-state index contributed by atoms with van der Waals surface area (Å²) in [5.74, 6) is -0.898. The van der Waals surface area contributed by atoms with Gasteiger partial charge in [0.2, 0.25) is 10.0 Å². The number of rotatable bonds is 2. The minimum atomic E-state index is -4.49. The fourth-order valence-corrected chi connectivity index (χ4v) is 2.41. The molecule has 2 aromatic rings. The molecule has 1 aromatic carbocycles. The molecule has 0 aliphatic heterocycles. The van der Waals surface area contributed by atoms with Crippen LogP contribution < -0.4 is 4.72 Å². The van der Waals surface area contributed by atoms with Crippen LogP contribution in [0.15, 0.2) is 24.3 Å². The molecule has 1 heterocycles. The fourth-order valence-electron chi connectivity index (χ4n) is 1.96. The summed E-state index contributed by atoms with van der Waals surface area (Å²) in [6, 6.07) is 4.26. The van der Waals surface area contributed by atoms with Crippen molar-refractivity contribution >= 4 is 26.8 Å². The lowest BCUT2D eigenvalue weighted by Crippen LogP contribution is -2.30. The molecule has 21 heavy (non-hydrogen) atoms. The third-order valence-corrected chi connectivity index (χ3v) is 3.44. The zero-order chi connectivity index (χ0) is 16.0. The third-order valence-electron chi connectivity index (χ3n) is 2.88. The first kappa shape index (κ1) is 15.4. The molecule has 0 atom stereocenters. The molecule has 0 radical (unpaired) electrons. The normalized spacial score (nSPS) is 12.6. The van der Waals surface area contributed by atoms with Crippen LogP contribution in [0.25, 0.3) is 10.9 Å². The fraction of sp³-hybridized carbons (Fsp3) is 0.250. The zero-order valence-electron chi connectivity index (χ0n) is 11.0. The highest BCUT2D eigenvalue weighted by atomic mass is 32.2. The van der Waals surface area contributed by atoms with Crippen LogP contribution in [-0.2, 0) is 23.2 Å². The molecule has 1 amide bonds. The Kier molecular flexibility index (Phi) is 3.48. The van der Waals surface area contributed by atoms with E-state index < -0.39 is 27.7 Å². The number of nitrogens with one attached hydrogen (secondary N) is 1. The van der Waals surface area contributed by atoms with Crippen molar-refractivity contribution in [2.24, 2.45) is 7.05 Å². The van der Waals surface area contributed by atoms with Gasteiger partial charge in [-0.1, -0.05) is 0 Å². The molecule has 0 aliphatic carbocycles. The average Bonchev–Trinajstić information content (AvgIpc) is 2.63. The molecule has 0 saturated heterocycles. The number of carbonyl (C=O) groups is 1. The van der Waals surface area contributed by atoms with Gasteiger partial charge in [-0.25, -0.2) is 13.1 Å². The van der Waals surface area contributed by atoms with E-state index in [0.717, 1.165) is 18.4 Å². The molecule has 2 rings (SSSR count). The Bertz CT molecular complexity index is 822. The molecular weight excluding hydrogens is 309 g/mol. The minimum Gasteiger partial charge on any atom is -0.340 e. The summed E-state index contributed by atoms with van der Waals surface area (Å²) in [5.41, 5.74) is -0.493. The summed E-state index contributed by atoms with van der Waals surface area (Å²) in [6.07, 6.45) is -3.67. The van der Waals surface area contributed by atoms with Gasteiger partial charge in [0.25, 0.3) is 5.91 Å². The van der Waals surface area contributed by atoms with Crippen LogP contribution in [0.3, 0.4) is 0 Å². The Hall–Kier alpha value is -2.03. The molecule has 0 saturated carbocycles. The van der Waals surface area contributed by atoms with Crippen molar-refractivity contribution in [3.05, 3.63) is 35.5 Å². The Morgan fingerprint density at radius 1 is 1.24 bits per heavy atom. The number of aryl methyl sites for hydroxylation is 1. The number of nitrogens with zero attached hydrogens (tertiary/aromatic N) is 1. The monoisotopic (exact) mass is 320 g/mol. The lowest BCUT2D eigenvalue weighted by molar-refractivity contribution is -0.137. The van der Waals surface area contributed by atoms with E-state index in [-0.39, 0.29) is 11.1 Å². The number of hydrogen-bond donors (Lipinski definition) is 1. The van der Waals surface area contributed by atoms with Crippen LogP contribution in [0.4, 0.5) is 13.2 Å². The van der Waals surface area contributed by atoms with E-state index in [4.69, 9.17) is 0 Å². The van der Waals surface area contributed by atoms with Crippen molar-refractivity contribution in [2.75, 3.05) is 6.26 Å². The van der Waals surface area contributed by atoms with E-state index in [0.29, 0.717) is 5.52 Å². The molecule has 0 unspecified atom stereocenters. The second-order valence-electron chi connectivity index (χ2n) is 4.56. The van der Waals surface area contributed by atoms with Crippen LogP contribution in [0.2, 0.25) is 0 Å². The van der Waals surface area contributed by atoms with Gasteiger partial charge in [0.15, 0.2) is 0 Å². The van der Waals surface area contributed by atoms with Gasteiger partial charge in [-0.3, -0.25) is 4.79 Å². The molecule has 0 bridgehead atoms. The van der Waals surface area contributed by atoms with Gasteiger partial charge in [-0.2, -0.15) is 13.2 Å². The molecule has 0 aliphatic rings. The summed E-state index contributed by atoms with van der Waals surface area (Å²) in [5, 5.41) is 0.200. The van der Waals surface area contributed by atoms with E-state index in [1.165, 1.54) is 23.7 Å². The van der Waals surface area contributed by atoms with Crippen molar-refractivity contribution < 1.29 is 26.4 Å². The average molecular weight is 320 g/mol. The number of carbonyl (C=O) groups excluding carboxylic acids is 1. The van der Waals surface area contributed by atoms with Gasteiger partial charge >= 0.3 is 6.18 Å². The van der Waals surface area contributed by atoms with E-state index >= 15 is 0 Å². The van der Waals surface area contributed by atoms with Crippen molar-refractivity contribution in [3.63, 3.8) is 0 Å². The van der Waals surface area contributed by atoms with Gasteiger partial charge < -0.3 is 4.57 Å². The van der Waals surface area contributed by atoms with Crippen LogP contribution in [0, 0.1) is 0 Å². The Morgan fingerprint density at radius 3 is 2.38 bits per heavy atom. The van der Waals surface area contributed by atoms with Crippen LogP contribution in [0.5, 0.6) is 0 Å². The van der Waals surface area contributed by atoms with Crippen molar-refractivity contribution in [1.82, 2.24) is 9.29 Å². The SMILES string of the molecule is Cn1c(C(=O)NS(C)(=O)=O)cc2cc(C(F)(F)F)ccc21. The number of aromatic nitrogens is 1. The third kappa shape index (κ3) is 3.18. The predicted octanol–water partition coefficient (Wildman–Crippen LogP) is 1.89. The summed E-state index contributed by atoms with van der Waals surface area (Å²) in [7, 11) is -2.28. The summed E-state index contributed by atoms with van der Waals surface area (Å²) < 4.78 is 63.1. The van der Waals surface area contributed by atoms with Crippen LogP contribution in [-0.4, -0.2) is 25.1 Å². The predicted molar refractivity (Wildman–Crippen MR) is 70.2 cm³/mol. The molecule has 0 spiro atoms. The maximum absolute atomic E-state index is 12.6. The van der Waals surface area contributed by atoms with E-state index in [2.05, 4.69) is 0 Å². The second-order valence-corrected chi connectivity index (χ2v) is 6.31. The van der Waals surface area contributed by atoms with Crippen molar-refractivity contribution in [3.8, 4) is 0 Å². The highest BCUT2D eigenvalue weighted by Gasteiger charge is 2.31. The number of amides is 1. The zero-order valence-corrected chi connectivity index (χ0v) is 11.8. The number of sulfonamides is 1. The van der Waals surface area contributed by atoms with Gasteiger partial charge in [0.1, 0.15) is 5.69 Å². The first-order valence-corrected chi connectivity index (χ1v) is 7.57. The Morgan fingerprint density at radius 2 is 1.86 bits per heavy atom. The Labute approximate surface area is 118 Å². The number of alkyl halides is 3. The second kappa shape index (κ2) is 4.76. The lowest BCUT2D eigenvalue weighted by Gasteiger charge is -2.07. The molecule has 1 aromatic heterocycles. The smallest absolute Gasteiger partial charge is 0.340 e. The molecule has 0 fully saturated rings. The standard InChI is InChI=1S/C12H11F3N2O3S/c1-17-9-4-3-8(12(13,14)15)5-7(9)6-10(17)11(18)16-21(2,19)20/h3-6H,1-2H3,(H,16,18). The van der Waals surface area contributed by atoms with Gasteiger partial charge in [0.05, 0.1) is 11.8 Å². The minimum absolute atomic E-state index is 0.0465. The molecule has 5 nitrogen and oxygen atoms in total. The Balaban J connectivity index is 2.53. The molecule has 9 heteroatoms. The number of fused-ring (bicyclic) bond motifs is 1. The highest BCUT2D eigenvalue weighted by Crippen LogP contribution is 2.32. The van der Waals surface area contributed by atoms with Gasteiger partial charge in [-0.15, -0.1) is 0 Å². The van der Waals surface area contributed by atoms with E-state index in [1.807, 2.05) is 0 Å². The lowest BCUT2D eigenvalue weighted by atomic mass is 10.1. The largest absolute Gasteiger partial charge is 0.416 e.